The van der Waals surface area contributed by atoms with Gasteiger partial charge in [0.25, 0.3) is 5.91 Å². The summed E-state index contributed by atoms with van der Waals surface area (Å²) in [5.41, 5.74) is 6.46. The molecule has 1 aromatic heterocycles. The van der Waals surface area contributed by atoms with Gasteiger partial charge in [-0.3, -0.25) is 9.89 Å². The number of nitrogens with one attached hydrogen (secondary N) is 1. The van der Waals surface area contributed by atoms with Crippen LogP contribution in [0, 0.1) is 0 Å². The number of hydrogen-bond donors (Lipinski definition) is 2. The van der Waals surface area contributed by atoms with E-state index in [1.54, 1.807) is 12.3 Å². The Morgan fingerprint density at radius 2 is 2.24 bits per heavy atom. The predicted molar refractivity (Wildman–Crippen MR) is 65.5 cm³/mol. The highest BCUT2D eigenvalue weighted by Crippen LogP contribution is 2.23. The second-order valence-electron chi connectivity index (χ2n) is 4.63. The Hall–Kier alpha value is -1.36. The molecular weight excluding hydrogens is 216 g/mol. The van der Waals surface area contributed by atoms with Gasteiger partial charge in [0.05, 0.1) is 0 Å². The molecule has 1 amide bonds. The minimum absolute atomic E-state index is 0.0467. The molecule has 5 heteroatoms. The molecule has 0 radical (unpaired) electrons. The van der Waals surface area contributed by atoms with Gasteiger partial charge >= 0.3 is 0 Å². The van der Waals surface area contributed by atoms with Gasteiger partial charge in [-0.15, -0.1) is 0 Å². The average molecular weight is 236 g/mol. The van der Waals surface area contributed by atoms with Crippen molar-refractivity contribution in [3.8, 4) is 0 Å². The van der Waals surface area contributed by atoms with E-state index in [4.69, 9.17) is 5.73 Å². The lowest BCUT2D eigenvalue weighted by molar-refractivity contribution is 0.0634. The molecule has 1 aliphatic rings. The van der Waals surface area contributed by atoms with E-state index >= 15 is 0 Å². The molecule has 94 valence electrons. The van der Waals surface area contributed by atoms with Crippen LogP contribution in [0.25, 0.3) is 0 Å². The van der Waals surface area contributed by atoms with E-state index in [1.165, 1.54) is 0 Å². The molecule has 0 spiro atoms. The Kier molecular flexibility index (Phi) is 3.78. The van der Waals surface area contributed by atoms with Crippen LogP contribution in [0.5, 0.6) is 0 Å². The number of aromatic nitrogens is 2. The number of H-pyrrole nitrogens is 1. The maximum atomic E-state index is 12.2. The van der Waals surface area contributed by atoms with E-state index in [2.05, 4.69) is 10.2 Å². The highest BCUT2D eigenvalue weighted by molar-refractivity contribution is 5.92. The molecule has 1 aromatic rings. The Morgan fingerprint density at radius 1 is 1.53 bits per heavy atom. The van der Waals surface area contributed by atoms with Crippen LogP contribution in [0.3, 0.4) is 0 Å². The molecule has 0 aromatic carbocycles. The molecule has 1 saturated carbocycles. The summed E-state index contributed by atoms with van der Waals surface area (Å²) in [7, 11) is 0. The standard InChI is InChI=1S/C12H20N4O/c1-2-16(10-5-3-9(13)4-6-10)12(17)11-7-8-14-15-11/h7-10H,2-6,13H2,1H3,(H,14,15). The summed E-state index contributed by atoms with van der Waals surface area (Å²) < 4.78 is 0. The first-order valence-corrected chi connectivity index (χ1v) is 6.28. The highest BCUT2D eigenvalue weighted by atomic mass is 16.2. The SMILES string of the molecule is CCN(C(=O)c1ccn[nH]1)C1CCC(N)CC1. The fourth-order valence-corrected chi connectivity index (χ4v) is 2.51. The van der Waals surface area contributed by atoms with Crippen LogP contribution in [0.1, 0.15) is 43.1 Å². The van der Waals surface area contributed by atoms with E-state index in [9.17, 15) is 4.79 Å². The molecule has 0 aliphatic heterocycles. The van der Waals surface area contributed by atoms with E-state index in [1.807, 2.05) is 11.8 Å². The molecule has 1 aliphatic carbocycles. The number of nitrogens with zero attached hydrogens (tertiary/aromatic N) is 2. The van der Waals surface area contributed by atoms with Crippen LogP contribution < -0.4 is 5.73 Å². The van der Waals surface area contributed by atoms with Crippen molar-refractivity contribution in [1.29, 1.82) is 0 Å². The van der Waals surface area contributed by atoms with Crippen molar-refractivity contribution in [3.63, 3.8) is 0 Å². The number of hydrogen-bond acceptors (Lipinski definition) is 3. The van der Waals surface area contributed by atoms with Crippen LogP contribution in [-0.4, -0.2) is 39.6 Å². The molecule has 1 fully saturated rings. The van der Waals surface area contributed by atoms with Crippen molar-refractivity contribution >= 4 is 5.91 Å². The van der Waals surface area contributed by atoms with Gasteiger partial charge in [0.2, 0.25) is 0 Å². The zero-order valence-electron chi connectivity index (χ0n) is 10.2. The second-order valence-corrected chi connectivity index (χ2v) is 4.63. The predicted octanol–water partition coefficient (Wildman–Crippen LogP) is 1.14. The summed E-state index contributed by atoms with van der Waals surface area (Å²) in [4.78, 5) is 14.2. The number of aromatic amines is 1. The first-order chi connectivity index (χ1) is 8.22. The summed E-state index contributed by atoms with van der Waals surface area (Å²) in [6, 6.07) is 2.36. The van der Waals surface area contributed by atoms with E-state index < -0.39 is 0 Å². The topological polar surface area (TPSA) is 75.0 Å². The molecule has 5 nitrogen and oxygen atoms in total. The van der Waals surface area contributed by atoms with Crippen molar-refractivity contribution in [2.24, 2.45) is 5.73 Å². The van der Waals surface area contributed by atoms with Crippen LogP contribution in [0.4, 0.5) is 0 Å². The molecule has 0 bridgehead atoms. The summed E-state index contributed by atoms with van der Waals surface area (Å²) in [5, 5.41) is 6.56. The van der Waals surface area contributed by atoms with Gasteiger partial charge in [-0.2, -0.15) is 5.10 Å². The molecule has 0 atom stereocenters. The lowest BCUT2D eigenvalue weighted by atomic mass is 9.90. The van der Waals surface area contributed by atoms with Gasteiger partial charge in [0.15, 0.2) is 0 Å². The van der Waals surface area contributed by atoms with Crippen LogP contribution in [0.2, 0.25) is 0 Å². The Morgan fingerprint density at radius 3 is 2.76 bits per heavy atom. The molecule has 17 heavy (non-hydrogen) atoms. The summed E-state index contributed by atoms with van der Waals surface area (Å²) in [5.74, 6) is 0.0467. The van der Waals surface area contributed by atoms with Gasteiger partial charge < -0.3 is 10.6 Å². The second kappa shape index (κ2) is 5.31. The summed E-state index contributed by atoms with van der Waals surface area (Å²) in [6.45, 7) is 2.75. The number of amides is 1. The van der Waals surface area contributed by atoms with Gasteiger partial charge in [0, 0.05) is 24.8 Å². The van der Waals surface area contributed by atoms with Gasteiger partial charge in [0.1, 0.15) is 5.69 Å². The molecule has 0 unspecified atom stereocenters. The van der Waals surface area contributed by atoms with E-state index in [-0.39, 0.29) is 5.91 Å². The van der Waals surface area contributed by atoms with Crippen LogP contribution in [-0.2, 0) is 0 Å². The van der Waals surface area contributed by atoms with E-state index in [0.29, 0.717) is 17.8 Å². The normalized spacial score (nSPS) is 24.6. The molecule has 2 rings (SSSR count). The maximum Gasteiger partial charge on any atom is 0.272 e. The average Bonchev–Trinajstić information content (AvgIpc) is 2.86. The van der Waals surface area contributed by atoms with Crippen molar-refractivity contribution < 1.29 is 4.79 Å². The molecule has 3 N–H and O–H groups in total. The molecule has 1 heterocycles. The third-order valence-electron chi connectivity index (χ3n) is 3.51. The third kappa shape index (κ3) is 2.66. The zero-order valence-corrected chi connectivity index (χ0v) is 10.2. The number of carbonyl (C=O) groups excluding carboxylic acids is 1. The Balaban J connectivity index is 2.03. The fourth-order valence-electron chi connectivity index (χ4n) is 2.51. The highest BCUT2D eigenvalue weighted by Gasteiger charge is 2.27. The monoisotopic (exact) mass is 236 g/mol. The van der Waals surface area contributed by atoms with Crippen molar-refractivity contribution in [2.75, 3.05) is 6.54 Å². The number of carbonyl (C=O) groups is 1. The van der Waals surface area contributed by atoms with E-state index in [0.717, 1.165) is 32.2 Å². The maximum absolute atomic E-state index is 12.2. The molecular formula is C12H20N4O. The largest absolute Gasteiger partial charge is 0.335 e. The van der Waals surface area contributed by atoms with Crippen molar-refractivity contribution in [1.82, 2.24) is 15.1 Å². The number of rotatable bonds is 3. The van der Waals surface area contributed by atoms with Gasteiger partial charge in [-0.25, -0.2) is 0 Å². The first kappa shape index (κ1) is 12.1. The smallest absolute Gasteiger partial charge is 0.272 e. The van der Waals surface area contributed by atoms with Crippen molar-refractivity contribution in [2.45, 2.75) is 44.7 Å². The Labute approximate surface area is 101 Å². The van der Waals surface area contributed by atoms with Gasteiger partial charge in [-0.1, -0.05) is 0 Å². The quantitative estimate of drug-likeness (QED) is 0.826. The van der Waals surface area contributed by atoms with Crippen molar-refractivity contribution in [3.05, 3.63) is 18.0 Å². The first-order valence-electron chi connectivity index (χ1n) is 6.28. The minimum atomic E-state index is 0.0467. The minimum Gasteiger partial charge on any atom is -0.335 e. The third-order valence-corrected chi connectivity index (χ3v) is 3.51. The van der Waals surface area contributed by atoms with Crippen LogP contribution >= 0.6 is 0 Å². The lowest BCUT2D eigenvalue weighted by Gasteiger charge is -2.35. The van der Waals surface area contributed by atoms with Gasteiger partial charge in [-0.05, 0) is 38.7 Å². The van der Waals surface area contributed by atoms with Crippen LogP contribution in [0.15, 0.2) is 12.3 Å². The lowest BCUT2D eigenvalue weighted by Crippen LogP contribution is -2.44. The summed E-state index contributed by atoms with van der Waals surface area (Å²) in [6.07, 6.45) is 5.65. The fraction of sp³-hybridized carbons (Fsp3) is 0.667. The zero-order chi connectivity index (χ0) is 12.3. The Bertz CT molecular complexity index is 355. The summed E-state index contributed by atoms with van der Waals surface area (Å²) >= 11 is 0. The molecule has 0 saturated heterocycles. The number of nitrogens with two attached hydrogens (primary N) is 1.